The summed E-state index contributed by atoms with van der Waals surface area (Å²) in [5, 5.41) is 0. The van der Waals surface area contributed by atoms with Crippen molar-refractivity contribution >= 4 is 35.0 Å². The Kier molecular flexibility index (Phi) is 4.53. The lowest BCUT2D eigenvalue weighted by atomic mass is 9.80. The Labute approximate surface area is 168 Å². The molecule has 0 N–H and O–H groups in total. The predicted octanol–water partition coefficient (Wildman–Crippen LogP) is 3.85. The summed E-state index contributed by atoms with van der Waals surface area (Å²) < 4.78 is 20.1. The van der Waals surface area contributed by atoms with Gasteiger partial charge in [0.1, 0.15) is 17.7 Å². The van der Waals surface area contributed by atoms with E-state index < -0.39 is 6.09 Å². The molecule has 1 aromatic carbocycles. The molecule has 4 fully saturated rings. The van der Waals surface area contributed by atoms with Crippen molar-refractivity contribution in [3.63, 3.8) is 0 Å². The summed E-state index contributed by atoms with van der Waals surface area (Å²) in [6.07, 6.45) is 3.38. The number of anilines is 2. The maximum absolute atomic E-state index is 14.7. The van der Waals surface area contributed by atoms with Crippen molar-refractivity contribution < 1.29 is 18.7 Å². The van der Waals surface area contributed by atoms with Crippen molar-refractivity contribution in [3.8, 4) is 0 Å². The van der Waals surface area contributed by atoms with Gasteiger partial charge in [-0.2, -0.15) is 11.8 Å². The van der Waals surface area contributed by atoms with Gasteiger partial charge in [-0.1, -0.05) is 6.42 Å². The Bertz CT molecular complexity index is 801. The van der Waals surface area contributed by atoms with Crippen LogP contribution in [0.5, 0.6) is 0 Å². The van der Waals surface area contributed by atoms with E-state index in [0.29, 0.717) is 36.2 Å². The van der Waals surface area contributed by atoms with Gasteiger partial charge in [-0.25, -0.2) is 9.18 Å². The fourth-order valence-electron chi connectivity index (χ4n) is 4.55. The molecule has 1 amide bonds. The number of carbonyl (C=O) groups is 2. The van der Waals surface area contributed by atoms with E-state index in [1.165, 1.54) is 22.5 Å². The first-order valence-corrected chi connectivity index (χ1v) is 11.3. The van der Waals surface area contributed by atoms with Gasteiger partial charge in [0.25, 0.3) is 0 Å². The van der Waals surface area contributed by atoms with E-state index in [1.807, 2.05) is 11.8 Å². The molecule has 3 aliphatic heterocycles. The Morgan fingerprint density at radius 3 is 2.68 bits per heavy atom. The molecule has 1 atom stereocenters. The Balaban J connectivity index is 1.19. The second-order valence-electron chi connectivity index (χ2n) is 8.73. The number of Topliss-reactive ketones (excluding diaryl/α,β-unsaturated/α-hetero) is 1. The normalized spacial score (nSPS) is 25.9. The molecule has 3 heterocycles. The molecular weight excluding hydrogens is 379 g/mol. The predicted molar refractivity (Wildman–Crippen MR) is 108 cm³/mol. The number of cyclic esters (lactones) is 1. The van der Waals surface area contributed by atoms with Crippen molar-refractivity contribution in [1.82, 2.24) is 0 Å². The lowest BCUT2D eigenvalue weighted by Gasteiger charge is -2.56. The summed E-state index contributed by atoms with van der Waals surface area (Å²) in [5.74, 6) is 2.55. The molecule has 28 heavy (non-hydrogen) atoms. The number of amides is 1. The summed E-state index contributed by atoms with van der Waals surface area (Å²) in [4.78, 5) is 27.9. The van der Waals surface area contributed by atoms with E-state index in [-0.39, 0.29) is 23.6 Å². The minimum Gasteiger partial charge on any atom is -0.444 e. The molecule has 5 rings (SSSR count). The number of ketones is 1. The summed E-state index contributed by atoms with van der Waals surface area (Å²) >= 11 is 1.95. The Morgan fingerprint density at radius 1 is 1.29 bits per heavy atom. The standard InChI is InChI=1S/C21H25FN2O3S/c22-17-8-15(4-6-18(17)23-10-21(11-23)12-28-13-21)24-9-16(27-20(24)26)5-7-19(25)14-2-1-3-14/h4,6,8,14,16H,1-3,5,7,9-13H2/t16-/m0/s1. The average molecular weight is 405 g/mol. The zero-order chi connectivity index (χ0) is 19.3. The van der Waals surface area contributed by atoms with Crippen LogP contribution in [0.2, 0.25) is 0 Å². The highest BCUT2D eigenvalue weighted by molar-refractivity contribution is 8.00. The Hall–Kier alpha value is -1.76. The van der Waals surface area contributed by atoms with Gasteiger partial charge in [-0.3, -0.25) is 9.69 Å². The van der Waals surface area contributed by atoms with Crippen LogP contribution in [0.1, 0.15) is 32.1 Å². The summed E-state index contributed by atoms with van der Waals surface area (Å²) in [5.41, 5.74) is 1.54. The molecule has 1 aromatic rings. The van der Waals surface area contributed by atoms with Crippen LogP contribution in [0, 0.1) is 17.2 Å². The number of halogens is 1. The molecule has 0 radical (unpaired) electrons. The van der Waals surface area contributed by atoms with Crippen LogP contribution in [-0.4, -0.2) is 49.1 Å². The highest BCUT2D eigenvalue weighted by atomic mass is 32.2. The zero-order valence-corrected chi connectivity index (χ0v) is 16.7. The molecule has 5 nitrogen and oxygen atoms in total. The lowest BCUT2D eigenvalue weighted by molar-refractivity contribution is -0.125. The van der Waals surface area contributed by atoms with Crippen molar-refractivity contribution in [1.29, 1.82) is 0 Å². The number of hydrogen-bond acceptors (Lipinski definition) is 5. The third-order valence-electron chi connectivity index (χ3n) is 6.60. The first kappa shape index (κ1) is 18.3. The molecular formula is C21H25FN2O3S. The number of rotatable bonds is 6. The molecule has 0 unspecified atom stereocenters. The fourth-order valence-corrected chi connectivity index (χ4v) is 5.69. The number of thioether (sulfide) groups is 1. The van der Waals surface area contributed by atoms with Crippen LogP contribution in [0.4, 0.5) is 20.6 Å². The number of benzene rings is 1. The molecule has 3 saturated heterocycles. The van der Waals surface area contributed by atoms with Crippen molar-refractivity contribution in [2.24, 2.45) is 11.3 Å². The van der Waals surface area contributed by atoms with E-state index in [1.54, 1.807) is 12.1 Å². The van der Waals surface area contributed by atoms with Crippen molar-refractivity contribution in [3.05, 3.63) is 24.0 Å². The van der Waals surface area contributed by atoms with E-state index in [9.17, 15) is 14.0 Å². The molecule has 150 valence electrons. The Morgan fingerprint density at radius 2 is 2.07 bits per heavy atom. The van der Waals surface area contributed by atoms with Gasteiger partial charge in [0, 0.05) is 42.3 Å². The maximum Gasteiger partial charge on any atom is 0.414 e. The topological polar surface area (TPSA) is 49.9 Å². The van der Waals surface area contributed by atoms with Gasteiger partial charge in [-0.05, 0) is 37.5 Å². The van der Waals surface area contributed by atoms with Crippen molar-refractivity contribution in [2.45, 2.75) is 38.2 Å². The highest BCUT2D eigenvalue weighted by Crippen LogP contribution is 2.47. The van der Waals surface area contributed by atoms with Gasteiger partial charge >= 0.3 is 6.09 Å². The highest BCUT2D eigenvalue weighted by Gasteiger charge is 2.48. The van der Waals surface area contributed by atoms with Gasteiger partial charge in [0.15, 0.2) is 0 Å². The molecule has 1 saturated carbocycles. The summed E-state index contributed by atoms with van der Waals surface area (Å²) in [6.45, 7) is 2.21. The van der Waals surface area contributed by atoms with Crippen LogP contribution >= 0.6 is 11.8 Å². The van der Waals surface area contributed by atoms with Crippen LogP contribution in [-0.2, 0) is 9.53 Å². The number of nitrogens with zero attached hydrogens (tertiary/aromatic N) is 2. The first-order valence-electron chi connectivity index (χ1n) is 10.2. The SMILES string of the molecule is O=C(CC[C@H]1CN(c2ccc(N3CC4(CSC4)C3)c(F)c2)C(=O)O1)C1CCC1. The quantitative estimate of drug-likeness (QED) is 0.721. The minimum atomic E-state index is -0.456. The van der Waals surface area contributed by atoms with Crippen molar-refractivity contribution in [2.75, 3.05) is 40.9 Å². The summed E-state index contributed by atoms with van der Waals surface area (Å²) in [7, 11) is 0. The second kappa shape index (κ2) is 6.94. The number of hydrogen-bond donors (Lipinski definition) is 0. The van der Waals surface area contributed by atoms with E-state index in [0.717, 1.165) is 32.4 Å². The van der Waals surface area contributed by atoms with Crippen LogP contribution < -0.4 is 9.80 Å². The van der Waals surface area contributed by atoms with Gasteiger partial charge in [-0.15, -0.1) is 0 Å². The second-order valence-corrected chi connectivity index (χ2v) is 9.72. The lowest BCUT2D eigenvalue weighted by Crippen LogP contribution is -2.63. The van der Waals surface area contributed by atoms with Gasteiger partial charge < -0.3 is 9.64 Å². The molecule has 0 bridgehead atoms. The number of ether oxygens (including phenoxy) is 1. The monoisotopic (exact) mass is 404 g/mol. The molecule has 4 aliphatic rings. The van der Waals surface area contributed by atoms with Crippen LogP contribution in [0.3, 0.4) is 0 Å². The zero-order valence-electron chi connectivity index (χ0n) is 15.9. The van der Waals surface area contributed by atoms with Gasteiger partial charge in [0.2, 0.25) is 0 Å². The average Bonchev–Trinajstić information content (AvgIpc) is 2.91. The molecule has 1 aliphatic carbocycles. The largest absolute Gasteiger partial charge is 0.444 e. The van der Waals surface area contributed by atoms with E-state index >= 15 is 0 Å². The van der Waals surface area contributed by atoms with Crippen LogP contribution in [0.15, 0.2) is 18.2 Å². The smallest absolute Gasteiger partial charge is 0.414 e. The fraction of sp³-hybridized carbons (Fsp3) is 0.619. The maximum atomic E-state index is 14.7. The third kappa shape index (κ3) is 3.17. The minimum absolute atomic E-state index is 0.217. The summed E-state index contributed by atoms with van der Waals surface area (Å²) in [6, 6.07) is 4.99. The first-order chi connectivity index (χ1) is 13.5. The van der Waals surface area contributed by atoms with Gasteiger partial charge in [0.05, 0.1) is 17.9 Å². The molecule has 7 heteroatoms. The molecule has 1 spiro atoms. The third-order valence-corrected chi connectivity index (χ3v) is 8.23. The van der Waals surface area contributed by atoms with Crippen LogP contribution in [0.25, 0.3) is 0 Å². The van der Waals surface area contributed by atoms with E-state index in [4.69, 9.17) is 4.74 Å². The van der Waals surface area contributed by atoms with E-state index in [2.05, 4.69) is 4.90 Å². The number of carbonyl (C=O) groups excluding carboxylic acids is 2. The molecule has 0 aromatic heterocycles.